The van der Waals surface area contributed by atoms with Crippen LogP contribution in [0, 0.1) is 0 Å². The molecule has 2 N–H and O–H groups in total. The summed E-state index contributed by atoms with van der Waals surface area (Å²) in [5, 5.41) is 11.3. The molecular formula is C15H8F3NO3. The fraction of sp³-hybridized carbons (Fsp3) is 0.0667. The lowest BCUT2D eigenvalue weighted by molar-refractivity contribution is -0.0887. The lowest BCUT2D eigenvalue weighted by Crippen LogP contribution is -2.29. The van der Waals surface area contributed by atoms with E-state index in [2.05, 4.69) is 4.98 Å². The number of aromatic hydroxyl groups is 1. The van der Waals surface area contributed by atoms with Gasteiger partial charge in [-0.05, 0) is 11.5 Å². The number of fused-ring (bicyclic) bond motifs is 3. The molecule has 112 valence electrons. The second-order valence-corrected chi connectivity index (χ2v) is 4.71. The molecule has 4 nitrogen and oxygen atoms in total. The van der Waals surface area contributed by atoms with Gasteiger partial charge in [0, 0.05) is 10.8 Å². The van der Waals surface area contributed by atoms with Crippen molar-refractivity contribution in [3.63, 3.8) is 0 Å². The molecule has 3 rings (SSSR count). The fourth-order valence-electron chi connectivity index (χ4n) is 2.37. The molecular weight excluding hydrogens is 299 g/mol. The van der Waals surface area contributed by atoms with E-state index in [4.69, 9.17) is 0 Å². The summed E-state index contributed by atoms with van der Waals surface area (Å²) in [7, 11) is 0. The van der Waals surface area contributed by atoms with Crippen LogP contribution in [-0.2, 0) is 0 Å². The van der Waals surface area contributed by atoms with Crippen molar-refractivity contribution in [2.45, 2.75) is 6.18 Å². The van der Waals surface area contributed by atoms with Crippen LogP contribution in [0.1, 0.15) is 10.4 Å². The number of carbonyl (C=O) groups is 1. The van der Waals surface area contributed by atoms with Crippen molar-refractivity contribution in [3.8, 4) is 5.75 Å². The van der Waals surface area contributed by atoms with Crippen molar-refractivity contribution in [1.29, 1.82) is 0 Å². The lowest BCUT2D eigenvalue weighted by Gasteiger charge is -2.10. The summed E-state index contributed by atoms with van der Waals surface area (Å²) in [5.74, 6) is -3.34. The first-order valence-electron chi connectivity index (χ1n) is 6.19. The zero-order chi connectivity index (χ0) is 16.1. The van der Waals surface area contributed by atoms with Crippen LogP contribution in [0.3, 0.4) is 0 Å². The van der Waals surface area contributed by atoms with Gasteiger partial charge in [-0.25, -0.2) is 0 Å². The largest absolute Gasteiger partial charge is 0.506 e. The Hall–Kier alpha value is -2.83. The van der Waals surface area contributed by atoms with E-state index in [1.165, 1.54) is 6.07 Å². The van der Waals surface area contributed by atoms with E-state index >= 15 is 0 Å². The van der Waals surface area contributed by atoms with Crippen LogP contribution in [-0.4, -0.2) is 22.1 Å². The van der Waals surface area contributed by atoms with E-state index in [1.54, 1.807) is 30.3 Å². The number of pyridine rings is 1. The Kier molecular flexibility index (Phi) is 2.94. The van der Waals surface area contributed by atoms with Gasteiger partial charge in [0.05, 0.1) is 5.52 Å². The van der Waals surface area contributed by atoms with Gasteiger partial charge in [0.25, 0.3) is 11.3 Å². The number of ketones is 1. The second-order valence-electron chi connectivity index (χ2n) is 4.71. The minimum Gasteiger partial charge on any atom is -0.506 e. The number of hydrogen-bond acceptors (Lipinski definition) is 3. The molecule has 0 saturated heterocycles. The Morgan fingerprint density at radius 1 is 1.05 bits per heavy atom. The third-order valence-electron chi connectivity index (χ3n) is 3.37. The van der Waals surface area contributed by atoms with Crippen LogP contribution in [0.15, 0.2) is 41.2 Å². The Bertz CT molecular complexity index is 973. The lowest BCUT2D eigenvalue weighted by atomic mass is 10.0. The SMILES string of the molecule is O=C(c1c(O)c2ccc3ccccc3c2[nH]c1=O)C(F)(F)F. The van der Waals surface area contributed by atoms with Crippen LogP contribution in [0.4, 0.5) is 13.2 Å². The van der Waals surface area contributed by atoms with Crippen LogP contribution in [0.2, 0.25) is 0 Å². The van der Waals surface area contributed by atoms with Gasteiger partial charge in [-0.3, -0.25) is 9.59 Å². The minimum absolute atomic E-state index is 0.0223. The molecule has 0 fully saturated rings. The number of carbonyl (C=O) groups excluding carboxylic acids is 1. The van der Waals surface area contributed by atoms with Gasteiger partial charge in [-0.15, -0.1) is 0 Å². The predicted molar refractivity (Wildman–Crippen MR) is 74.1 cm³/mol. The molecule has 0 radical (unpaired) electrons. The number of rotatable bonds is 1. The maximum atomic E-state index is 12.5. The molecule has 0 spiro atoms. The number of halogens is 3. The number of benzene rings is 2. The summed E-state index contributed by atoms with van der Waals surface area (Å²) in [6.45, 7) is 0. The number of hydrogen-bond donors (Lipinski definition) is 2. The highest BCUT2D eigenvalue weighted by atomic mass is 19.4. The van der Waals surface area contributed by atoms with Crippen LogP contribution < -0.4 is 5.56 Å². The third-order valence-corrected chi connectivity index (χ3v) is 3.37. The summed E-state index contributed by atoms with van der Waals surface area (Å²) >= 11 is 0. The van der Waals surface area contributed by atoms with E-state index < -0.39 is 28.8 Å². The molecule has 3 aromatic rings. The first-order valence-corrected chi connectivity index (χ1v) is 6.19. The molecule has 0 aliphatic rings. The van der Waals surface area contributed by atoms with Crippen molar-refractivity contribution in [3.05, 3.63) is 52.3 Å². The first kappa shape index (κ1) is 14.1. The van der Waals surface area contributed by atoms with E-state index in [0.29, 0.717) is 5.39 Å². The quantitative estimate of drug-likeness (QED) is 0.536. The highest BCUT2D eigenvalue weighted by Gasteiger charge is 2.42. The minimum atomic E-state index is -5.24. The standard InChI is InChI=1S/C15H8F3NO3/c16-15(17,18)13(21)10-12(20)9-6-5-7-3-1-2-4-8(7)11(9)19-14(10)22/h1-6H,(H2,19,20,22). The van der Waals surface area contributed by atoms with Gasteiger partial charge in [0.1, 0.15) is 11.3 Å². The van der Waals surface area contributed by atoms with E-state index in [9.17, 15) is 27.9 Å². The maximum absolute atomic E-state index is 12.5. The molecule has 1 heterocycles. The predicted octanol–water partition coefficient (Wildman–Crippen LogP) is 3.13. The molecule has 1 aromatic heterocycles. The van der Waals surface area contributed by atoms with Crippen molar-refractivity contribution in [1.82, 2.24) is 4.98 Å². The van der Waals surface area contributed by atoms with Crippen LogP contribution >= 0.6 is 0 Å². The number of nitrogens with one attached hydrogen (secondary N) is 1. The molecule has 2 aromatic carbocycles. The summed E-state index contributed by atoms with van der Waals surface area (Å²) in [4.78, 5) is 25.4. The van der Waals surface area contributed by atoms with Gasteiger partial charge in [0.2, 0.25) is 0 Å². The van der Waals surface area contributed by atoms with Gasteiger partial charge < -0.3 is 10.1 Å². The first-order chi connectivity index (χ1) is 10.3. The second kappa shape index (κ2) is 4.59. The number of alkyl halides is 3. The maximum Gasteiger partial charge on any atom is 0.455 e. The molecule has 0 bridgehead atoms. The Labute approximate surface area is 120 Å². The average Bonchev–Trinajstić information content (AvgIpc) is 2.46. The summed E-state index contributed by atoms with van der Waals surface area (Å²) < 4.78 is 37.6. The zero-order valence-electron chi connectivity index (χ0n) is 10.9. The van der Waals surface area contributed by atoms with Crippen molar-refractivity contribution in [2.75, 3.05) is 0 Å². The normalized spacial score (nSPS) is 12.0. The van der Waals surface area contributed by atoms with Crippen molar-refractivity contribution in [2.24, 2.45) is 0 Å². The van der Waals surface area contributed by atoms with Gasteiger partial charge in [0.15, 0.2) is 0 Å². The van der Waals surface area contributed by atoms with Crippen molar-refractivity contribution < 1.29 is 23.1 Å². The number of aromatic nitrogens is 1. The fourth-order valence-corrected chi connectivity index (χ4v) is 2.37. The number of H-pyrrole nitrogens is 1. The highest BCUT2D eigenvalue weighted by Crippen LogP contribution is 2.32. The Balaban J connectivity index is 2.43. The molecule has 0 aliphatic heterocycles. The van der Waals surface area contributed by atoms with Gasteiger partial charge in [-0.2, -0.15) is 13.2 Å². The summed E-state index contributed by atoms with van der Waals surface area (Å²) in [5.41, 5.74) is -2.39. The van der Waals surface area contributed by atoms with E-state index in [1.807, 2.05) is 0 Å². The average molecular weight is 307 g/mol. The number of aromatic amines is 1. The molecule has 0 aliphatic carbocycles. The molecule has 0 atom stereocenters. The van der Waals surface area contributed by atoms with Crippen LogP contribution in [0.5, 0.6) is 5.75 Å². The summed E-state index contributed by atoms with van der Waals surface area (Å²) in [6, 6.07) is 9.78. The topological polar surface area (TPSA) is 70.2 Å². The molecule has 0 amide bonds. The summed E-state index contributed by atoms with van der Waals surface area (Å²) in [6.07, 6.45) is -5.24. The van der Waals surface area contributed by atoms with E-state index in [-0.39, 0.29) is 10.9 Å². The van der Waals surface area contributed by atoms with Gasteiger partial charge in [-0.1, -0.05) is 30.3 Å². The monoisotopic (exact) mass is 307 g/mol. The highest BCUT2D eigenvalue weighted by molar-refractivity contribution is 6.11. The van der Waals surface area contributed by atoms with Crippen LogP contribution in [0.25, 0.3) is 21.7 Å². The van der Waals surface area contributed by atoms with E-state index in [0.717, 1.165) is 5.39 Å². The molecule has 0 saturated carbocycles. The molecule has 0 unspecified atom stereocenters. The Morgan fingerprint density at radius 2 is 1.73 bits per heavy atom. The zero-order valence-corrected chi connectivity index (χ0v) is 10.9. The third kappa shape index (κ3) is 2.02. The Morgan fingerprint density at radius 3 is 2.41 bits per heavy atom. The molecule has 22 heavy (non-hydrogen) atoms. The smallest absolute Gasteiger partial charge is 0.455 e. The number of Topliss-reactive ketones (excluding diaryl/α,β-unsaturated/α-hetero) is 1. The van der Waals surface area contributed by atoms with Crippen molar-refractivity contribution >= 4 is 27.5 Å². The van der Waals surface area contributed by atoms with Gasteiger partial charge >= 0.3 is 6.18 Å². The molecule has 7 heteroatoms.